The predicted octanol–water partition coefficient (Wildman–Crippen LogP) is 4.43. The van der Waals surface area contributed by atoms with Gasteiger partial charge >= 0.3 is 0 Å². The summed E-state index contributed by atoms with van der Waals surface area (Å²) in [6, 6.07) is 9.63. The van der Waals surface area contributed by atoms with E-state index in [0.717, 1.165) is 16.0 Å². The molecular formula is C13H13BrO. The molecule has 0 saturated carbocycles. The van der Waals surface area contributed by atoms with E-state index in [1.807, 2.05) is 49.4 Å². The van der Waals surface area contributed by atoms with Crippen LogP contribution in [-0.4, -0.2) is 0 Å². The first kappa shape index (κ1) is 11.8. The third-order valence-corrected chi connectivity index (χ3v) is 1.92. The lowest BCUT2D eigenvalue weighted by Crippen LogP contribution is -1.90. The summed E-state index contributed by atoms with van der Waals surface area (Å²) in [7, 11) is 0. The molecular weight excluding hydrogens is 252 g/mol. The van der Waals surface area contributed by atoms with E-state index >= 15 is 0 Å². The highest BCUT2D eigenvalue weighted by atomic mass is 79.9. The molecule has 0 N–H and O–H groups in total. The van der Waals surface area contributed by atoms with Crippen LogP contribution in [0.4, 0.5) is 0 Å². The molecule has 0 aliphatic rings. The number of hydrogen-bond acceptors (Lipinski definition) is 1. The highest BCUT2D eigenvalue weighted by molar-refractivity contribution is 9.11. The Bertz CT molecular complexity index is 373. The van der Waals surface area contributed by atoms with E-state index in [-0.39, 0.29) is 0 Å². The van der Waals surface area contributed by atoms with Crippen molar-refractivity contribution in [2.45, 2.75) is 6.92 Å². The van der Waals surface area contributed by atoms with Crippen LogP contribution >= 0.6 is 15.9 Å². The van der Waals surface area contributed by atoms with Gasteiger partial charge in [0, 0.05) is 0 Å². The fourth-order valence-electron chi connectivity index (χ4n) is 0.965. The number of rotatable bonds is 4. The molecule has 0 aliphatic heterocycles. The molecule has 0 aromatic heterocycles. The van der Waals surface area contributed by atoms with Crippen LogP contribution in [0.5, 0.6) is 5.75 Å². The van der Waals surface area contributed by atoms with Gasteiger partial charge in [0.2, 0.25) is 0 Å². The first-order valence-electron chi connectivity index (χ1n) is 4.62. The van der Waals surface area contributed by atoms with E-state index in [2.05, 4.69) is 22.5 Å². The maximum absolute atomic E-state index is 5.59. The Kier molecular flexibility index (Phi) is 4.91. The van der Waals surface area contributed by atoms with E-state index in [9.17, 15) is 0 Å². The quantitative estimate of drug-likeness (QED) is 0.578. The minimum absolute atomic E-state index is 0.722. The topological polar surface area (TPSA) is 9.23 Å². The highest BCUT2D eigenvalue weighted by Crippen LogP contribution is 2.14. The molecule has 0 saturated heterocycles. The second kappa shape index (κ2) is 6.25. The fraction of sp³-hybridized carbons (Fsp3) is 0.0769. The SMILES string of the molecule is C=C/C(=C\C=C(/C)Br)Oc1ccccc1. The summed E-state index contributed by atoms with van der Waals surface area (Å²) in [5.74, 6) is 1.53. The normalized spacial score (nSPS) is 12.4. The highest BCUT2D eigenvalue weighted by Gasteiger charge is 1.93. The zero-order valence-electron chi connectivity index (χ0n) is 8.61. The molecule has 15 heavy (non-hydrogen) atoms. The maximum Gasteiger partial charge on any atom is 0.127 e. The largest absolute Gasteiger partial charge is 0.457 e. The molecule has 0 fully saturated rings. The number of benzene rings is 1. The van der Waals surface area contributed by atoms with E-state index in [0.29, 0.717) is 0 Å². The van der Waals surface area contributed by atoms with Gasteiger partial charge in [-0.05, 0) is 41.8 Å². The van der Waals surface area contributed by atoms with E-state index in [4.69, 9.17) is 4.74 Å². The second-order valence-corrected chi connectivity index (χ2v) is 4.19. The molecule has 0 spiro atoms. The third kappa shape index (κ3) is 4.66. The summed E-state index contributed by atoms with van der Waals surface area (Å²) in [6.07, 6.45) is 5.46. The van der Waals surface area contributed by atoms with Gasteiger partial charge in [-0.2, -0.15) is 0 Å². The van der Waals surface area contributed by atoms with Gasteiger partial charge in [0.15, 0.2) is 0 Å². The van der Waals surface area contributed by atoms with Gasteiger partial charge in [0.1, 0.15) is 11.5 Å². The number of ether oxygens (including phenoxy) is 1. The first-order chi connectivity index (χ1) is 7.22. The van der Waals surface area contributed by atoms with E-state index in [1.54, 1.807) is 6.08 Å². The number of allylic oxidation sites excluding steroid dienone is 4. The Labute approximate surface area is 98.9 Å². The van der Waals surface area contributed by atoms with Crippen molar-refractivity contribution in [3.8, 4) is 5.75 Å². The van der Waals surface area contributed by atoms with Crippen molar-refractivity contribution in [1.82, 2.24) is 0 Å². The van der Waals surface area contributed by atoms with Crippen molar-refractivity contribution in [1.29, 1.82) is 0 Å². The van der Waals surface area contributed by atoms with Gasteiger partial charge in [-0.3, -0.25) is 0 Å². The van der Waals surface area contributed by atoms with E-state index < -0.39 is 0 Å². The minimum Gasteiger partial charge on any atom is -0.457 e. The van der Waals surface area contributed by atoms with Gasteiger partial charge in [0.25, 0.3) is 0 Å². The van der Waals surface area contributed by atoms with Gasteiger partial charge in [-0.25, -0.2) is 0 Å². The smallest absolute Gasteiger partial charge is 0.127 e. The van der Waals surface area contributed by atoms with Crippen LogP contribution in [0, 0.1) is 0 Å². The fourth-order valence-corrected chi connectivity index (χ4v) is 1.10. The Morgan fingerprint density at radius 1 is 1.27 bits per heavy atom. The molecule has 0 radical (unpaired) electrons. The third-order valence-electron chi connectivity index (χ3n) is 1.66. The summed E-state index contributed by atoms with van der Waals surface area (Å²) in [5, 5.41) is 0. The Balaban J connectivity index is 2.75. The van der Waals surface area contributed by atoms with Crippen molar-refractivity contribution < 1.29 is 4.74 Å². The summed E-state index contributed by atoms with van der Waals surface area (Å²) in [5.41, 5.74) is 0. The van der Waals surface area contributed by atoms with Crippen molar-refractivity contribution >= 4 is 15.9 Å². The summed E-state index contributed by atoms with van der Waals surface area (Å²) < 4.78 is 6.63. The lowest BCUT2D eigenvalue weighted by atomic mass is 10.3. The average molecular weight is 265 g/mol. The molecule has 2 heteroatoms. The summed E-state index contributed by atoms with van der Waals surface area (Å²) >= 11 is 3.34. The van der Waals surface area contributed by atoms with Crippen LogP contribution in [0.15, 0.2) is 65.4 Å². The standard InChI is InChI=1S/C13H13BrO/c1-3-12(10-9-11(2)14)15-13-7-5-4-6-8-13/h3-10H,1H2,2H3/b11-9+,12-10+. The van der Waals surface area contributed by atoms with Crippen molar-refractivity contribution in [2.75, 3.05) is 0 Å². The van der Waals surface area contributed by atoms with Crippen LogP contribution in [0.1, 0.15) is 6.92 Å². The first-order valence-corrected chi connectivity index (χ1v) is 5.41. The predicted molar refractivity (Wildman–Crippen MR) is 68.0 cm³/mol. The van der Waals surface area contributed by atoms with E-state index in [1.165, 1.54) is 0 Å². The van der Waals surface area contributed by atoms with Crippen LogP contribution in [0.25, 0.3) is 0 Å². The molecule has 0 aliphatic carbocycles. The number of hydrogen-bond donors (Lipinski definition) is 0. The molecule has 0 heterocycles. The molecule has 1 rings (SSSR count). The van der Waals surface area contributed by atoms with Gasteiger partial charge in [-0.1, -0.05) is 40.7 Å². The number of para-hydroxylation sites is 1. The van der Waals surface area contributed by atoms with Crippen LogP contribution in [0.2, 0.25) is 0 Å². The zero-order chi connectivity index (χ0) is 11.1. The molecule has 1 aromatic carbocycles. The summed E-state index contributed by atoms with van der Waals surface area (Å²) in [6.45, 7) is 5.66. The molecule has 0 atom stereocenters. The lowest BCUT2D eigenvalue weighted by Gasteiger charge is -2.04. The monoisotopic (exact) mass is 264 g/mol. The average Bonchev–Trinajstić information content (AvgIpc) is 2.25. The molecule has 0 bridgehead atoms. The van der Waals surface area contributed by atoms with Crippen molar-refractivity contribution in [2.24, 2.45) is 0 Å². The molecule has 0 amide bonds. The van der Waals surface area contributed by atoms with Crippen molar-refractivity contribution in [3.05, 3.63) is 65.4 Å². The maximum atomic E-state index is 5.59. The Morgan fingerprint density at radius 3 is 2.47 bits per heavy atom. The van der Waals surface area contributed by atoms with Crippen LogP contribution < -0.4 is 4.74 Å². The van der Waals surface area contributed by atoms with Crippen LogP contribution in [0.3, 0.4) is 0 Å². The minimum atomic E-state index is 0.722. The molecule has 0 unspecified atom stereocenters. The second-order valence-electron chi connectivity index (χ2n) is 2.94. The summed E-state index contributed by atoms with van der Waals surface area (Å²) in [4.78, 5) is 0. The number of halogens is 1. The molecule has 1 aromatic rings. The lowest BCUT2D eigenvalue weighted by molar-refractivity contribution is 0.445. The van der Waals surface area contributed by atoms with Gasteiger partial charge < -0.3 is 4.74 Å². The Hall–Kier alpha value is -1.28. The van der Waals surface area contributed by atoms with Gasteiger partial charge in [0.05, 0.1) is 0 Å². The molecule has 78 valence electrons. The zero-order valence-corrected chi connectivity index (χ0v) is 10.2. The Morgan fingerprint density at radius 2 is 1.93 bits per heavy atom. The molecule has 1 nitrogen and oxygen atoms in total. The van der Waals surface area contributed by atoms with Crippen LogP contribution in [-0.2, 0) is 0 Å². The van der Waals surface area contributed by atoms with Gasteiger partial charge in [-0.15, -0.1) is 0 Å². The van der Waals surface area contributed by atoms with Crippen molar-refractivity contribution in [3.63, 3.8) is 0 Å².